The number of hydrogen-bond donors (Lipinski definition) is 1. The first kappa shape index (κ1) is 16.1. The van der Waals surface area contributed by atoms with E-state index in [-0.39, 0.29) is 18.6 Å². The van der Waals surface area contributed by atoms with E-state index in [2.05, 4.69) is 0 Å². The van der Waals surface area contributed by atoms with Gasteiger partial charge in [-0.3, -0.25) is 4.79 Å². The van der Waals surface area contributed by atoms with E-state index in [1.165, 1.54) is 0 Å². The summed E-state index contributed by atoms with van der Waals surface area (Å²) in [5.41, 5.74) is 0.963. The third-order valence-corrected chi connectivity index (χ3v) is 4.51. The smallest absolute Gasteiger partial charge is 0.246 e. The van der Waals surface area contributed by atoms with E-state index in [0.717, 1.165) is 31.2 Å². The van der Waals surface area contributed by atoms with Crippen LogP contribution in [0, 0.1) is 5.92 Å². The monoisotopic (exact) mass is 307 g/mol. The lowest BCUT2D eigenvalue weighted by Gasteiger charge is -2.33. The summed E-state index contributed by atoms with van der Waals surface area (Å²) in [6.45, 7) is 0.265. The Balaban J connectivity index is 1.89. The molecule has 0 atom stereocenters. The summed E-state index contributed by atoms with van der Waals surface area (Å²) in [5, 5.41) is 9.84. The van der Waals surface area contributed by atoms with Crippen LogP contribution in [0.3, 0.4) is 0 Å². The first-order valence-corrected chi connectivity index (χ1v) is 7.79. The maximum Gasteiger partial charge on any atom is 0.246 e. The average molecular weight is 308 g/mol. The molecule has 1 amide bonds. The first-order valence-electron chi connectivity index (χ1n) is 7.41. The Kier molecular flexibility index (Phi) is 5.83. The Morgan fingerprint density at radius 3 is 2.48 bits per heavy atom. The zero-order valence-corrected chi connectivity index (χ0v) is 13.1. The number of amides is 1. The zero-order chi connectivity index (χ0) is 15.2. The first-order chi connectivity index (χ1) is 10.1. The number of likely N-dealkylation sites (N-methyl/N-ethyl adjacent to an activating group) is 1. The van der Waals surface area contributed by atoms with E-state index in [4.69, 9.17) is 16.7 Å². The number of rotatable bonds is 4. The second kappa shape index (κ2) is 7.62. The number of carbonyl (C=O) groups is 1. The van der Waals surface area contributed by atoms with Gasteiger partial charge in [0.05, 0.1) is 0 Å². The van der Waals surface area contributed by atoms with Crippen LogP contribution in [0.4, 0.5) is 0 Å². The highest BCUT2D eigenvalue weighted by Gasteiger charge is 2.25. The van der Waals surface area contributed by atoms with Crippen LogP contribution in [0.2, 0.25) is 5.02 Å². The van der Waals surface area contributed by atoms with Gasteiger partial charge in [-0.05, 0) is 55.4 Å². The summed E-state index contributed by atoms with van der Waals surface area (Å²) < 4.78 is 0. The standard InChI is InChI=1S/C17H22ClNO2/c1-19(16-9-4-14(12-20)5-10-16)17(21)11-6-13-2-7-15(18)8-3-13/h2-3,6-8,11,14,16,20H,4-5,9-10,12H2,1H3/b11-6+. The number of aliphatic hydroxyl groups excluding tert-OH is 1. The van der Waals surface area contributed by atoms with Crippen molar-refractivity contribution < 1.29 is 9.90 Å². The van der Waals surface area contributed by atoms with E-state index in [9.17, 15) is 4.79 Å². The molecule has 1 saturated carbocycles. The van der Waals surface area contributed by atoms with E-state index in [1.54, 1.807) is 6.08 Å². The van der Waals surface area contributed by atoms with Gasteiger partial charge in [0, 0.05) is 30.8 Å². The lowest BCUT2D eigenvalue weighted by Crippen LogP contribution is -2.39. The highest BCUT2D eigenvalue weighted by molar-refractivity contribution is 6.30. The van der Waals surface area contributed by atoms with Gasteiger partial charge in [0.15, 0.2) is 0 Å². The van der Waals surface area contributed by atoms with Gasteiger partial charge in [0.2, 0.25) is 5.91 Å². The van der Waals surface area contributed by atoms with Crippen LogP contribution >= 0.6 is 11.6 Å². The number of halogens is 1. The van der Waals surface area contributed by atoms with E-state index >= 15 is 0 Å². The van der Waals surface area contributed by atoms with Gasteiger partial charge >= 0.3 is 0 Å². The highest BCUT2D eigenvalue weighted by atomic mass is 35.5. The molecule has 114 valence electrons. The molecule has 0 unspecified atom stereocenters. The third-order valence-electron chi connectivity index (χ3n) is 4.26. The Labute approximate surface area is 131 Å². The average Bonchev–Trinajstić information content (AvgIpc) is 2.53. The molecule has 1 aromatic carbocycles. The fourth-order valence-corrected chi connectivity index (χ4v) is 2.88. The summed E-state index contributed by atoms with van der Waals surface area (Å²) in [7, 11) is 1.86. The van der Waals surface area contributed by atoms with Gasteiger partial charge in [-0.2, -0.15) is 0 Å². The predicted molar refractivity (Wildman–Crippen MR) is 86.1 cm³/mol. The van der Waals surface area contributed by atoms with Crippen molar-refractivity contribution in [2.24, 2.45) is 5.92 Å². The van der Waals surface area contributed by atoms with Crippen molar-refractivity contribution in [3.8, 4) is 0 Å². The molecule has 2 rings (SSSR count). The molecule has 0 radical (unpaired) electrons. The van der Waals surface area contributed by atoms with Gasteiger partial charge in [0.25, 0.3) is 0 Å². The molecule has 0 saturated heterocycles. The number of benzene rings is 1. The van der Waals surface area contributed by atoms with Gasteiger partial charge in [-0.15, -0.1) is 0 Å². The zero-order valence-electron chi connectivity index (χ0n) is 12.3. The number of hydrogen-bond acceptors (Lipinski definition) is 2. The van der Waals surface area contributed by atoms with Gasteiger partial charge < -0.3 is 10.0 Å². The highest BCUT2D eigenvalue weighted by Crippen LogP contribution is 2.26. The molecule has 4 heteroatoms. The lowest BCUT2D eigenvalue weighted by molar-refractivity contribution is -0.127. The number of nitrogens with zero attached hydrogens (tertiary/aromatic N) is 1. The topological polar surface area (TPSA) is 40.5 Å². The van der Waals surface area contributed by atoms with Crippen LogP contribution in [-0.4, -0.2) is 35.6 Å². The van der Waals surface area contributed by atoms with E-state index in [0.29, 0.717) is 10.9 Å². The fraction of sp³-hybridized carbons (Fsp3) is 0.471. The summed E-state index contributed by atoms with van der Waals surface area (Å²) in [5.74, 6) is 0.437. The van der Waals surface area contributed by atoms with Crippen molar-refractivity contribution in [1.29, 1.82) is 0 Å². The molecule has 1 aliphatic rings. The Bertz CT molecular complexity index is 490. The fourth-order valence-electron chi connectivity index (χ4n) is 2.75. The van der Waals surface area contributed by atoms with Crippen LogP contribution in [0.1, 0.15) is 31.2 Å². The molecule has 0 bridgehead atoms. The van der Waals surface area contributed by atoms with Gasteiger partial charge in [-0.25, -0.2) is 0 Å². The van der Waals surface area contributed by atoms with Crippen LogP contribution in [0.25, 0.3) is 6.08 Å². The van der Waals surface area contributed by atoms with Crippen LogP contribution in [0.5, 0.6) is 0 Å². The third kappa shape index (κ3) is 4.58. The quantitative estimate of drug-likeness (QED) is 0.867. The van der Waals surface area contributed by atoms with Crippen molar-refractivity contribution in [3.05, 3.63) is 40.9 Å². The lowest BCUT2D eigenvalue weighted by atomic mass is 9.86. The SMILES string of the molecule is CN(C(=O)/C=C/c1ccc(Cl)cc1)C1CCC(CO)CC1. The van der Waals surface area contributed by atoms with Crippen LogP contribution in [0.15, 0.2) is 30.3 Å². The Morgan fingerprint density at radius 2 is 1.90 bits per heavy atom. The predicted octanol–water partition coefficient (Wildman–Crippen LogP) is 3.36. The van der Waals surface area contributed by atoms with Crippen molar-refractivity contribution in [3.63, 3.8) is 0 Å². The minimum Gasteiger partial charge on any atom is -0.396 e. The maximum absolute atomic E-state index is 12.2. The molecule has 1 aliphatic carbocycles. The minimum atomic E-state index is 0.0254. The van der Waals surface area contributed by atoms with Crippen molar-refractivity contribution in [2.75, 3.05) is 13.7 Å². The number of carbonyl (C=O) groups excluding carboxylic acids is 1. The second-order valence-electron chi connectivity index (χ2n) is 5.69. The van der Waals surface area contributed by atoms with Crippen molar-refractivity contribution >= 4 is 23.6 Å². The summed E-state index contributed by atoms with van der Waals surface area (Å²) in [4.78, 5) is 14.0. The molecule has 0 spiro atoms. The molecule has 1 aromatic rings. The Hall–Kier alpha value is -1.32. The summed E-state index contributed by atoms with van der Waals surface area (Å²) in [6.07, 6.45) is 7.37. The summed E-state index contributed by atoms with van der Waals surface area (Å²) in [6, 6.07) is 7.68. The van der Waals surface area contributed by atoms with Gasteiger partial charge in [-0.1, -0.05) is 23.7 Å². The normalized spacial score (nSPS) is 22.4. The Morgan fingerprint density at radius 1 is 1.29 bits per heavy atom. The minimum absolute atomic E-state index is 0.0254. The molecule has 1 fully saturated rings. The molecule has 0 heterocycles. The largest absolute Gasteiger partial charge is 0.396 e. The van der Waals surface area contributed by atoms with Crippen LogP contribution in [-0.2, 0) is 4.79 Å². The van der Waals surface area contributed by atoms with Crippen molar-refractivity contribution in [1.82, 2.24) is 4.90 Å². The molecule has 1 N–H and O–H groups in total. The molecular formula is C17H22ClNO2. The molecular weight excluding hydrogens is 286 g/mol. The van der Waals surface area contributed by atoms with E-state index < -0.39 is 0 Å². The molecule has 0 aromatic heterocycles. The van der Waals surface area contributed by atoms with Gasteiger partial charge in [0.1, 0.15) is 0 Å². The number of aliphatic hydroxyl groups is 1. The maximum atomic E-state index is 12.2. The van der Waals surface area contributed by atoms with E-state index in [1.807, 2.05) is 42.3 Å². The second-order valence-corrected chi connectivity index (χ2v) is 6.13. The molecule has 21 heavy (non-hydrogen) atoms. The summed E-state index contributed by atoms with van der Waals surface area (Å²) >= 11 is 5.83. The molecule has 0 aliphatic heterocycles. The molecule has 3 nitrogen and oxygen atoms in total. The van der Waals surface area contributed by atoms with Crippen molar-refractivity contribution in [2.45, 2.75) is 31.7 Å². The van der Waals surface area contributed by atoms with Crippen LogP contribution < -0.4 is 0 Å².